The van der Waals surface area contributed by atoms with Crippen molar-refractivity contribution in [3.63, 3.8) is 0 Å². The van der Waals surface area contributed by atoms with Crippen LogP contribution in [0.2, 0.25) is 0 Å². The van der Waals surface area contributed by atoms with Gasteiger partial charge < -0.3 is 20.1 Å². The van der Waals surface area contributed by atoms with E-state index in [0.29, 0.717) is 26.1 Å². The quantitative estimate of drug-likeness (QED) is 0.341. The van der Waals surface area contributed by atoms with E-state index in [1.165, 1.54) is 22.3 Å². The fourth-order valence-corrected chi connectivity index (χ4v) is 4.42. The summed E-state index contributed by atoms with van der Waals surface area (Å²) < 4.78 is 10.8. The zero-order valence-electron chi connectivity index (χ0n) is 21.6. The van der Waals surface area contributed by atoms with Crippen LogP contribution in [-0.4, -0.2) is 30.9 Å². The van der Waals surface area contributed by atoms with Gasteiger partial charge in [-0.15, -0.1) is 0 Å². The van der Waals surface area contributed by atoms with E-state index >= 15 is 0 Å². The SMILES string of the molecule is CC(C)(C)OC(=O)NCc1cccc(C=CCCNC(=O)OCC2c3ccccc3-c3ccccc32)c1. The zero-order chi connectivity index (χ0) is 26.3. The van der Waals surface area contributed by atoms with Crippen molar-refractivity contribution in [3.8, 4) is 11.1 Å². The van der Waals surface area contributed by atoms with E-state index in [-0.39, 0.29) is 5.92 Å². The second kappa shape index (κ2) is 11.8. The summed E-state index contributed by atoms with van der Waals surface area (Å²) in [6.45, 7) is 6.67. The molecule has 3 aromatic carbocycles. The van der Waals surface area contributed by atoms with Crippen LogP contribution in [0.15, 0.2) is 78.9 Å². The van der Waals surface area contributed by atoms with Crippen molar-refractivity contribution in [2.75, 3.05) is 13.2 Å². The van der Waals surface area contributed by atoms with Crippen LogP contribution in [-0.2, 0) is 16.0 Å². The molecule has 0 unspecified atom stereocenters. The number of fused-ring (bicyclic) bond motifs is 3. The lowest BCUT2D eigenvalue weighted by Gasteiger charge is -2.19. The Morgan fingerprint density at radius 1 is 0.865 bits per heavy atom. The molecule has 0 heterocycles. The number of nitrogens with one attached hydrogen (secondary N) is 2. The normalized spacial score (nSPS) is 12.6. The lowest BCUT2D eigenvalue weighted by molar-refractivity contribution is 0.0523. The maximum Gasteiger partial charge on any atom is 0.407 e. The van der Waals surface area contributed by atoms with Crippen LogP contribution in [0.4, 0.5) is 9.59 Å². The molecule has 0 bridgehead atoms. The van der Waals surface area contributed by atoms with Crippen molar-refractivity contribution < 1.29 is 19.1 Å². The Bertz CT molecular complexity index is 1230. The molecule has 0 radical (unpaired) electrons. The lowest BCUT2D eigenvalue weighted by atomic mass is 9.98. The monoisotopic (exact) mass is 498 g/mol. The fourth-order valence-electron chi connectivity index (χ4n) is 4.42. The molecule has 0 atom stereocenters. The number of carbonyl (C=O) groups is 2. The minimum atomic E-state index is -0.525. The topological polar surface area (TPSA) is 76.7 Å². The Hall–Kier alpha value is -4.06. The molecule has 1 aliphatic rings. The van der Waals surface area contributed by atoms with E-state index in [4.69, 9.17) is 9.47 Å². The van der Waals surface area contributed by atoms with Crippen molar-refractivity contribution in [2.45, 2.75) is 45.3 Å². The minimum Gasteiger partial charge on any atom is -0.449 e. The van der Waals surface area contributed by atoms with Gasteiger partial charge in [0, 0.05) is 19.0 Å². The van der Waals surface area contributed by atoms with E-state index in [1.807, 2.05) is 81.5 Å². The van der Waals surface area contributed by atoms with Gasteiger partial charge in [0.2, 0.25) is 0 Å². The smallest absolute Gasteiger partial charge is 0.407 e. The second-order valence-electron chi connectivity index (χ2n) is 10.0. The maximum atomic E-state index is 12.3. The highest BCUT2D eigenvalue weighted by Gasteiger charge is 2.28. The molecule has 0 aliphatic heterocycles. The molecule has 6 nitrogen and oxygen atoms in total. The molecule has 0 fully saturated rings. The summed E-state index contributed by atoms with van der Waals surface area (Å²) in [5.74, 6) is 0.0510. The van der Waals surface area contributed by atoms with Gasteiger partial charge in [0.1, 0.15) is 12.2 Å². The number of hydrogen-bond acceptors (Lipinski definition) is 4. The highest BCUT2D eigenvalue weighted by molar-refractivity contribution is 5.79. The van der Waals surface area contributed by atoms with E-state index < -0.39 is 17.8 Å². The van der Waals surface area contributed by atoms with Crippen LogP contribution in [0.25, 0.3) is 17.2 Å². The van der Waals surface area contributed by atoms with Gasteiger partial charge in [-0.05, 0) is 66.6 Å². The minimum absolute atomic E-state index is 0.0510. The van der Waals surface area contributed by atoms with E-state index in [0.717, 1.165) is 11.1 Å². The van der Waals surface area contributed by atoms with Crippen LogP contribution in [0, 0.1) is 0 Å². The number of alkyl carbamates (subject to hydrolysis) is 2. The molecule has 2 amide bonds. The van der Waals surface area contributed by atoms with Gasteiger partial charge in [-0.1, -0.05) is 78.9 Å². The number of carbonyl (C=O) groups excluding carboxylic acids is 2. The van der Waals surface area contributed by atoms with Crippen molar-refractivity contribution in [3.05, 3.63) is 101 Å². The van der Waals surface area contributed by atoms with Gasteiger partial charge in [-0.2, -0.15) is 0 Å². The van der Waals surface area contributed by atoms with Crippen molar-refractivity contribution in [1.29, 1.82) is 0 Å². The molecule has 4 rings (SSSR count). The summed E-state index contributed by atoms with van der Waals surface area (Å²) in [6, 6.07) is 24.5. The summed E-state index contributed by atoms with van der Waals surface area (Å²) in [5.41, 5.74) is 6.28. The third-order valence-electron chi connectivity index (χ3n) is 6.02. The predicted molar refractivity (Wildman–Crippen MR) is 146 cm³/mol. The van der Waals surface area contributed by atoms with Crippen molar-refractivity contribution >= 4 is 18.3 Å². The fraction of sp³-hybridized carbons (Fsp3) is 0.290. The number of rotatable bonds is 8. The van der Waals surface area contributed by atoms with Crippen LogP contribution in [0.5, 0.6) is 0 Å². The number of benzene rings is 3. The highest BCUT2D eigenvalue weighted by atomic mass is 16.6. The Morgan fingerprint density at radius 2 is 1.54 bits per heavy atom. The summed E-state index contributed by atoms with van der Waals surface area (Å²) in [7, 11) is 0. The molecule has 0 spiro atoms. The standard InChI is InChI=1S/C31H34N2O4/c1-31(2,3)37-30(35)33-20-23-13-10-12-22(19-23)11-8-9-18-32-29(34)36-21-28-26-16-6-4-14-24(26)25-15-5-7-17-27(25)28/h4-8,10-17,19,28H,9,18,20-21H2,1-3H3,(H,32,34)(H,33,35). The molecule has 6 heteroatoms. The molecule has 2 N–H and O–H groups in total. The molecule has 1 aliphatic carbocycles. The number of hydrogen-bond donors (Lipinski definition) is 2. The second-order valence-corrected chi connectivity index (χ2v) is 10.0. The molecule has 3 aromatic rings. The Balaban J connectivity index is 1.20. The first-order valence-corrected chi connectivity index (χ1v) is 12.6. The van der Waals surface area contributed by atoms with Gasteiger partial charge in [0.05, 0.1) is 0 Å². The highest BCUT2D eigenvalue weighted by Crippen LogP contribution is 2.44. The molecule has 192 valence electrons. The summed E-state index contributed by atoms with van der Waals surface area (Å²) in [5, 5.41) is 5.60. The van der Waals surface area contributed by atoms with Crippen LogP contribution >= 0.6 is 0 Å². The van der Waals surface area contributed by atoms with E-state index in [9.17, 15) is 9.59 Å². The third kappa shape index (κ3) is 7.23. The summed E-state index contributed by atoms with van der Waals surface area (Å²) in [4.78, 5) is 24.2. The predicted octanol–water partition coefficient (Wildman–Crippen LogP) is 6.65. The Morgan fingerprint density at radius 3 is 2.22 bits per heavy atom. The van der Waals surface area contributed by atoms with Crippen molar-refractivity contribution in [2.24, 2.45) is 0 Å². The van der Waals surface area contributed by atoms with Gasteiger partial charge in [0.15, 0.2) is 0 Å². The van der Waals surface area contributed by atoms with Gasteiger partial charge in [-0.25, -0.2) is 9.59 Å². The van der Waals surface area contributed by atoms with Gasteiger partial charge in [0.25, 0.3) is 0 Å². The number of amides is 2. The molecule has 0 aromatic heterocycles. The first-order valence-electron chi connectivity index (χ1n) is 12.6. The largest absolute Gasteiger partial charge is 0.449 e. The van der Waals surface area contributed by atoms with Crippen LogP contribution in [0.1, 0.15) is 55.4 Å². The van der Waals surface area contributed by atoms with Crippen molar-refractivity contribution in [1.82, 2.24) is 10.6 Å². The Kier molecular flexibility index (Phi) is 8.29. The van der Waals surface area contributed by atoms with Gasteiger partial charge in [-0.3, -0.25) is 0 Å². The van der Waals surface area contributed by atoms with Crippen LogP contribution < -0.4 is 10.6 Å². The molecule has 0 saturated carbocycles. The molecular formula is C31H34N2O4. The first-order chi connectivity index (χ1) is 17.8. The first kappa shape index (κ1) is 26.0. The summed E-state index contributed by atoms with van der Waals surface area (Å²) >= 11 is 0. The lowest BCUT2D eigenvalue weighted by Crippen LogP contribution is -2.32. The molecule has 37 heavy (non-hydrogen) atoms. The average molecular weight is 499 g/mol. The van der Waals surface area contributed by atoms with E-state index in [1.54, 1.807) is 0 Å². The van der Waals surface area contributed by atoms with Gasteiger partial charge >= 0.3 is 12.2 Å². The summed E-state index contributed by atoms with van der Waals surface area (Å²) in [6.07, 6.45) is 3.82. The third-order valence-corrected chi connectivity index (χ3v) is 6.02. The Labute approximate surface area is 218 Å². The van der Waals surface area contributed by atoms with E-state index in [2.05, 4.69) is 34.9 Å². The van der Waals surface area contributed by atoms with Crippen LogP contribution in [0.3, 0.4) is 0 Å². The number of ether oxygens (including phenoxy) is 2. The molecular weight excluding hydrogens is 464 g/mol. The maximum absolute atomic E-state index is 12.3. The zero-order valence-corrected chi connectivity index (χ0v) is 21.6. The average Bonchev–Trinajstić information content (AvgIpc) is 3.19. The molecule has 0 saturated heterocycles.